The fourth-order valence-corrected chi connectivity index (χ4v) is 3.45. The number of fused-ring (bicyclic) bond motifs is 1. The summed E-state index contributed by atoms with van der Waals surface area (Å²) in [7, 11) is 1.91. The molecule has 1 N–H and O–H groups in total. The number of benzene rings is 1. The van der Waals surface area contributed by atoms with Crippen molar-refractivity contribution < 1.29 is 0 Å². The highest BCUT2D eigenvalue weighted by Crippen LogP contribution is 2.32. The Bertz CT molecular complexity index is 641. The van der Waals surface area contributed by atoms with E-state index in [9.17, 15) is 0 Å². The smallest absolute Gasteiger partial charge is 0.162 e. The topological polar surface area (TPSA) is 37.8 Å². The summed E-state index contributed by atoms with van der Waals surface area (Å²) < 4.78 is 0.919. The number of anilines is 1. The molecule has 1 heterocycles. The van der Waals surface area contributed by atoms with Gasteiger partial charge in [0.1, 0.15) is 5.82 Å². The van der Waals surface area contributed by atoms with Gasteiger partial charge in [-0.05, 0) is 59.8 Å². The second-order valence-electron chi connectivity index (χ2n) is 4.90. The highest BCUT2D eigenvalue weighted by atomic mass is 79.9. The van der Waals surface area contributed by atoms with Gasteiger partial charge in [0.25, 0.3) is 0 Å². The van der Waals surface area contributed by atoms with Crippen molar-refractivity contribution in [3.05, 3.63) is 39.0 Å². The minimum absolute atomic E-state index is 0.701. The number of rotatable bonds is 2. The largest absolute Gasteiger partial charge is 0.373 e. The highest BCUT2D eigenvalue weighted by molar-refractivity contribution is 9.10. The standard InChI is InChI=1S/C15H15BrClN3/c1-18-14-11-4-2-3-5-13(11)19-15(20-14)10-7-6-9(17)8-12(10)16/h6-8H,2-5H2,1H3,(H,18,19,20). The van der Waals surface area contributed by atoms with Gasteiger partial charge in [0.05, 0.1) is 0 Å². The maximum absolute atomic E-state index is 6.00. The van der Waals surface area contributed by atoms with Crippen LogP contribution in [0.25, 0.3) is 11.4 Å². The second-order valence-corrected chi connectivity index (χ2v) is 6.19. The van der Waals surface area contributed by atoms with Crippen LogP contribution in [-0.4, -0.2) is 17.0 Å². The molecule has 0 spiro atoms. The molecule has 2 aromatic rings. The van der Waals surface area contributed by atoms with Gasteiger partial charge in [-0.3, -0.25) is 0 Å². The minimum Gasteiger partial charge on any atom is -0.373 e. The van der Waals surface area contributed by atoms with Gasteiger partial charge in [-0.1, -0.05) is 11.6 Å². The minimum atomic E-state index is 0.701. The van der Waals surface area contributed by atoms with Crippen LogP contribution in [-0.2, 0) is 12.8 Å². The maximum Gasteiger partial charge on any atom is 0.162 e. The van der Waals surface area contributed by atoms with Crippen LogP contribution in [0.3, 0.4) is 0 Å². The molecule has 0 unspecified atom stereocenters. The molecule has 0 bridgehead atoms. The van der Waals surface area contributed by atoms with Crippen molar-refractivity contribution in [2.45, 2.75) is 25.7 Å². The molecule has 0 radical (unpaired) electrons. The number of nitrogens with one attached hydrogen (secondary N) is 1. The Kier molecular flexibility index (Phi) is 3.94. The van der Waals surface area contributed by atoms with Crippen LogP contribution in [0.2, 0.25) is 5.02 Å². The lowest BCUT2D eigenvalue weighted by Gasteiger charge is -2.19. The second kappa shape index (κ2) is 5.70. The summed E-state index contributed by atoms with van der Waals surface area (Å²) in [5.41, 5.74) is 3.42. The molecule has 0 saturated heterocycles. The van der Waals surface area contributed by atoms with Crippen molar-refractivity contribution in [2.75, 3.05) is 12.4 Å². The predicted octanol–water partition coefficient (Wildman–Crippen LogP) is 4.48. The van der Waals surface area contributed by atoms with E-state index in [-0.39, 0.29) is 0 Å². The Labute approximate surface area is 131 Å². The summed E-state index contributed by atoms with van der Waals surface area (Å²) in [5, 5.41) is 3.90. The highest BCUT2D eigenvalue weighted by Gasteiger charge is 2.18. The van der Waals surface area contributed by atoms with Gasteiger partial charge in [-0.2, -0.15) is 0 Å². The van der Waals surface area contributed by atoms with Gasteiger partial charge in [0, 0.05) is 33.4 Å². The number of hydrogen-bond acceptors (Lipinski definition) is 3. The lowest BCUT2D eigenvalue weighted by atomic mass is 9.96. The van der Waals surface area contributed by atoms with Gasteiger partial charge in [-0.25, -0.2) is 9.97 Å². The summed E-state index contributed by atoms with van der Waals surface area (Å²) in [5.74, 6) is 1.70. The van der Waals surface area contributed by atoms with Crippen molar-refractivity contribution in [1.82, 2.24) is 9.97 Å². The Morgan fingerprint density at radius 2 is 2.00 bits per heavy atom. The van der Waals surface area contributed by atoms with Gasteiger partial charge >= 0.3 is 0 Å². The van der Waals surface area contributed by atoms with Crippen molar-refractivity contribution in [1.29, 1.82) is 0 Å². The van der Waals surface area contributed by atoms with Crippen molar-refractivity contribution in [2.24, 2.45) is 0 Å². The summed E-state index contributed by atoms with van der Waals surface area (Å²) in [6.07, 6.45) is 4.52. The van der Waals surface area contributed by atoms with Gasteiger partial charge in [-0.15, -0.1) is 0 Å². The first-order valence-electron chi connectivity index (χ1n) is 6.72. The zero-order valence-corrected chi connectivity index (χ0v) is 13.6. The lowest BCUT2D eigenvalue weighted by molar-refractivity contribution is 0.665. The fraction of sp³-hybridized carbons (Fsp3) is 0.333. The van der Waals surface area contributed by atoms with E-state index >= 15 is 0 Å². The fourth-order valence-electron chi connectivity index (χ4n) is 2.59. The summed E-state index contributed by atoms with van der Waals surface area (Å²) in [6.45, 7) is 0. The average molecular weight is 353 g/mol. The molecule has 0 saturated carbocycles. The van der Waals surface area contributed by atoms with Crippen molar-refractivity contribution in [3.8, 4) is 11.4 Å². The first kappa shape index (κ1) is 13.8. The Morgan fingerprint density at radius 1 is 1.20 bits per heavy atom. The Balaban J connectivity index is 2.14. The van der Waals surface area contributed by atoms with E-state index in [4.69, 9.17) is 16.6 Å². The molecule has 1 aromatic carbocycles. The van der Waals surface area contributed by atoms with Gasteiger partial charge in [0.15, 0.2) is 5.82 Å². The maximum atomic E-state index is 6.00. The number of nitrogens with zero attached hydrogens (tertiary/aromatic N) is 2. The third kappa shape index (κ3) is 2.54. The molecule has 3 nitrogen and oxygen atoms in total. The molecule has 0 fully saturated rings. The predicted molar refractivity (Wildman–Crippen MR) is 86.4 cm³/mol. The van der Waals surface area contributed by atoms with Crippen LogP contribution < -0.4 is 5.32 Å². The average Bonchev–Trinajstić information content (AvgIpc) is 2.46. The van der Waals surface area contributed by atoms with E-state index in [1.165, 1.54) is 24.1 Å². The zero-order chi connectivity index (χ0) is 14.1. The molecule has 1 aromatic heterocycles. The SMILES string of the molecule is CNc1nc(-c2ccc(Cl)cc2Br)nc2c1CCCC2. The first-order valence-corrected chi connectivity index (χ1v) is 7.89. The molecule has 20 heavy (non-hydrogen) atoms. The summed E-state index contributed by atoms with van der Waals surface area (Å²) in [4.78, 5) is 9.43. The molecular weight excluding hydrogens is 338 g/mol. The molecule has 5 heteroatoms. The summed E-state index contributed by atoms with van der Waals surface area (Å²) >= 11 is 9.54. The summed E-state index contributed by atoms with van der Waals surface area (Å²) in [6, 6.07) is 5.69. The van der Waals surface area contributed by atoms with Crippen LogP contribution in [0, 0.1) is 0 Å². The van der Waals surface area contributed by atoms with Gasteiger partial charge < -0.3 is 5.32 Å². The molecule has 1 aliphatic carbocycles. The molecule has 0 atom stereocenters. The van der Waals surface area contributed by atoms with Crippen molar-refractivity contribution >= 4 is 33.3 Å². The van der Waals surface area contributed by atoms with Crippen LogP contribution >= 0.6 is 27.5 Å². The van der Waals surface area contributed by atoms with E-state index in [1.807, 2.05) is 25.2 Å². The van der Waals surface area contributed by atoms with E-state index in [0.29, 0.717) is 5.02 Å². The van der Waals surface area contributed by atoms with Crippen LogP contribution in [0.1, 0.15) is 24.1 Å². The molecule has 104 valence electrons. The van der Waals surface area contributed by atoms with Crippen LogP contribution in [0.4, 0.5) is 5.82 Å². The molecular formula is C15H15BrClN3. The van der Waals surface area contributed by atoms with E-state index in [1.54, 1.807) is 0 Å². The van der Waals surface area contributed by atoms with Gasteiger partial charge in [0.2, 0.25) is 0 Å². The number of halogens is 2. The molecule has 0 aliphatic heterocycles. The number of aromatic nitrogens is 2. The van der Waals surface area contributed by atoms with E-state index in [0.717, 1.165) is 34.5 Å². The third-order valence-corrected chi connectivity index (χ3v) is 4.48. The zero-order valence-electron chi connectivity index (χ0n) is 11.2. The van der Waals surface area contributed by atoms with Crippen LogP contribution in [0.5, 0.6) is 0 Å². The molecule has 3 rings (SSSR count). The lowest BCUT2D eigenvalue weighted by Crippen LogP contribution is -2.12. The van der Waals surface area contributed by atoms with E-state index in [2.05, 4.69) is 26.2 Å². The Hall–Kier alpha value is -1.13. The number of aryl methyl sites for hydroxylation is 1. The molecule has 0 amide bonds. The number of hydrogen-bond donors (Lipinski definition) is 1. The monoisotopic (exact) mass is 351 g/mol. The quantitative estimate of drug-likeness (QED) is 0.866. The normalized spacial score (nSPS) is 13.9. The first-order chi connectivity index (χ1) is 9.69. The van der Waals surface area contributed by atoms with Crippen LogP contribution in [0.15, 0.2) is 22.7 Å². The Morgan fingerprint density at radius 3 is 2.75 bits per heavy atom. The van der Waals surface area contributed by atoms with Crippen molar-refractivity contribution in [3.63, 3.8) is 0 Å². The third-order valence-electron chi connectivity index (χ3n) is 3.59. The van der Waals surface area contributed by atoms with E-state index < -0.39 is 0 Å². The molecule has 1 aliphatic rings.